The van der Waals surface area contributed by atoms with Crippen molar-refractivity contribution in [3.8, 4) is 0 Å². The lowest BCUT2D eigenvalue weighted by molar-refractivity contribution is 0.534. The van der Waals surface area contributed by atoms with Crippen LogP contribution in [0.5, 0.6) is 0 Å². The van der Waals surface area contributed by atoms with Crippen molar-refractivity contribution in [1.29, 1.82) is 0 Å². The van der Waals surface area contributed by atoms with Crippen LogP contribution in [0.1, 0.15) is 44.6 Å². The van der Waals surface area contributed by atoms with Crippen molar-refractivity contribution in [2.45, 2.75) is 38.8 Å². The summed E-state index contributed by atoms with van der Waals surface area (Å²) in [4.78, 5) is 4.61. The van der Waals surface area contributed by atoms with E-state index in [4.69, 9.17) is 0 Å². The molecule has 0 aliphatic heterocycles. The Morgan fingerprint density at radius 2 is 2.28 bits per heavy atom. The predicted octanol–water partition coefficient (Wildman–Crippen LogP) is 3.18. The monoisotopic (exact) mass is 247 g/mol. The Bertz CT molecular complexity index is 572. The van der Waals surface area contributed by atoms with E-state index in [1.54, 1.807) is 0 Å². The van der Waals surface area contributed by atoms with Crippen LogP contribution in [0.2, 0.25) is 0 Å². The van der Waals surface area contributed by atoms with Gasteiger partial charge < -0.3 is 9.88 Å². The molecular weight excluding hydrogens is 229 g/mol. The quantitative estimate of drug-likeness (QED) is 0.899. The summed E-state index contributed by atoms with van der Waals surface area (Å²) in [7, 11) is 0. The zero-order valence-corrected chi connectivity index (χ0v) is 10.8. The minimum Gasteiger partial charge on any atom is -0.324 e. The molecule has 3 nitrogen and oxygen atoms in total. The lowest BCUT2D eigenvalue weighted by atomic mass is 10.3. The summed E-state index contributed by atoms with van der Waals surface area (Å²) in [5.41, 5.74) is 1.82. The van der Waals surface area contributed by atoms with Gasteiger partial charge in [0.15, 0.2) is 0 Å². The van der Waals surface area contributed by atoms with E-state index in [-0.39, 0.29) is 11.9 Å². The largest absolute Gasteiger partial charge is 0.324 e. The molecule has 4 heteroatoms. The molecule has 0 spiro atoms. The number of halogens is 1. The van der Waals surface area contributed by atoms with Crippen molar-refractivity contribution in [3.63, 3.8) is 0 Å². The first-order valence-corrected chi connectivity index (χ1v) is 6.61. The highest BCUT2D eigenvalue weighted by molar-refractivity contribution is 5.76. The van der Waals surface area contributed by atoms with Gasteiger partial charge in [0.2, 0.25) is 0 Å². The number of rotatable bonds is 4. The molecule has 2 aromatic rings. The van der Waals surface area contributed by atoms with E-state index in [0.29, 0.717) is 6.04 Å². The molecule has 3 rings (SSSR count). The summed E-state index contributed by atoms with van der Waals surface area (Å²) in [6.45, 7) is 5.10. The molecule has 1 aromatic carbocycles. The van der Waals surface area contributed by atoms with Crippen molar-refractivity contribution in [2.24, 2.45) is 0 Å². The van der Waals surface area contributed by atoms with Gasteiger partial charge in [0.1, 0.15) is 11.6 Å². The van der Waals surface area contributed by atoms with Gasteiger partial charge in [0, 0.05) is 12.1 Å². The van der Waals surface area contributed by atoms with Gasteiger partial charge in [-0.3, -0.25) is 0 Å². The zero-order chi connectivity index (χ0) is 12.7. The highest BCUT2D eigenvalue weighted by atomic mass is 19.1. The van der Waals surface area contributed by atoms with Crippen molar-refractivity contribution in [2.75, 3.05) is 6.54 Å². The number of hydrogen-bond acceptors (Lipinski definition) is 2. The molecule has 0 saturated heterocycles. The fraction of sp³-hybridized carbons (Fsp3) is 0.500. The first kappa shape index (κ1) is 11.7. The van der Waals surface area contributed by atoms with Crippen LogP contribution in [0.4, 0.5) is 4.39 Å². The molecule has 1 atom stereocenters. The van der Waals surface area contributed by atoms with Crippen LogP contribution >= 0.6 is 0 Å². The number of hydrogen-bond donors (Lipinski definition) is 1. The summed E-state index contributed by atoms with van der Waals surface area (Å²) in [5, 5.41) is 3.38. The Labute approximate surface area is 106 Å². The molecule has 1 saturated carbocycles. The minimum absolute atomic E-state index is 0.200. The lowest BCUT2D eigenvalue weighted by Gasteiger charge is -2.14. The second-order valence-corrected chi connectivity index (χ2v) is 4.98. The average molecular weight is 247 g/mol. The maximum Gasteiger partial charge on any atom is 0.127 e. The Hall–Kier alpha value is -1.42. The second-order valence-electron chi connectivity index (χ2n) is 4.98. The highest BCUT2D eigenvalue weighted by Crippen LogP contribution is 2.39. The summed E-state index contributed by atoms with van der Waals surface area (Å²) in [5.74, 6) is 0.811. The predicted molar refractivity (Wildman–Crippen MR) is 70.1 cm³/mol. The van der Waals surface area contributed by atoms with E-state index in [1.807, 2.05) is 6.07 Å². The molecule has 1 aliphatic rings. The van der Waals surface area contributed by atoms with Gasteiger partial charge in [-0.15, -0.1) is 0 Å². The molecule has 18 heavy (non-hydrogen) atoms. The summed E-state index contributed by atoms with van der Waals surface area (Å²) in [6, 6.07) is 5.64. The van der Waals surface area contributed by atoms with E-state index < -0.39 is 0 Å². The molecule has 1 unspecified atom stereocenters. The molecule has 0 bridgehead atoms. The Morgan fingerprint density at radius 1 is 1.50 bits per heavy atom. The first-order valence-electron chi connectivity index (χ1n) is 6.61. The highest BCUT2D eigenvalue weighted by Gasteiger charge is 2.29. The van der Waals surface area contributed by atoms with Crippen molar-refractivity contribution < 1.29 is 4.39 Å². The van der Waals surface area contributed by atoms with E-state index in [2.05, 4.69) is 28.7 Å². The second kappa shape index (κ2) is 4.35. The van der Waals surface area contributed by atoms with Gasteiger partial charge in [-0.05, 0) is 38.4 Å². The van der Waals surface area contributed by atoms with Crippen molar-refractivity contribution in [3.05, 3.63) is 29.8 Å². The van der Waals surface area contributed by atoms with Crippen LogP contribution in [0.3, 0.4) is 0 Å². The first-order chi connectivity index (χ1) is 8.70. The third-order valence-electron chi connectivity index (χ3n) is 3.49. The molecular formula is C14H18FN3. The third-order valence-corrected chi connectivity index (χ3v) is 3.49. The van der Waals surface area contributed by atoms with Crippen LogP contribution in [0, 0.1) is 5.82 Å². The minimum atomic E-state index is -0.217. The molecule has 0 amide bonds. The van der Waals surface area contributed by atoms with Crippen LogP contribution in [0.15, 0.2) is 18.2 Å². The molecule has 1 N–H and O–H groups in total. The maximum atomic E-state index is 13.3. The molecule has 1 fully saturated rings. The zero-order valence-electron chi connectivity index (χ0n) is 10.8. The van der Waals surface area contributed by atoms with Crippen LogP contribution in [-0.4, -0.2) is 16.1 Å². The van der Waals surface area contributed by atoms with Gasteiger partial charge >= 0.3 is 0 Å². The smallest absolute Gasteiger partial charge is 0.127 e. The van der Waals surface area contributed by atoms with Crippen LogP contribution in [0.25, 0.3) is 11.0 Å². The fourth-order valence-corrected chi connectivity index (χ4v) is 2.51. The molecule has 96 valence electrons. The Balaban J connectivity index is 2.14. The topological polar surface area (TPSA) is 29.9 Å². The standard InChI is InChI=1S/C14H18FN3/c1-3-16-9(2)14-17-12-8-10(15)4-7-13(12)18(14)11-5-6-11/h4,7-9,11,16H,3,5-6H2,1-2H3. The average Bonchev–Trinajstić information content (AvgIpc) is 3.10. The van der Waals surface area contributed by atoms with E-state index >= 15 is 0 Å². The normalized spacial score (nSPS) is 17.3. The molecule has 0 radical (unpaired) electrons. The van der Waals surface area contributed by atoms with Crippen LogP contribution < -0.4 is 5.32 Å². The Kier molecular flexibility index (Phi) is 2.82. The Morgan fingerprint density at radius 3 is 2.94 bits per heavy atom. The van der Waals surface area contributed by atoms with Gasteiger partial charge in [-0.25, -0.2) is 9.37 Å². The van der Waals surface area contributed by atoms with E-state index in [9.17, 15) is 4.39 Å². The van der Waals surface area contributed by atoms with E-state index in [1.165, 1.54) is 25.0 Å². The maximum absolute atomic E-state index is 13.3. The molecule has 1 aromatic heterocycles. The number of nitrogens with one attached hydrogen (secondary N) is 1. The van der Waals surface area contributed by atoms with Gasteiger partial charge in [0.05, 0.1) is 17.1 Å². The fourth-order valence-electron chi connectivity index (χ4n) is 2.51. The van der Waals surface area contributed by atoms with Crippen molar-refractivity contribution in [1.82, 2.24) is 14.9 Å². The lowest BCUT2D eigenvalue weighted by Crippen LogP contribution is -2.21. The number of imidazole rings is 1. The molecule has 1 aliphatic carbocycles. The van der Waals surface area contributed by atoms with E-state index in [0.717, 1.165) is 23.4 Å². The number of benzene rings is 1. The summed E-state index contributed by atoms with van der Waals surface area (Å²) < 4.78 is 15.6. The summed E-state index contributed by atoms with van der Waals surface area (Å²) in [6.07, 6.45) is 2.41. The SMILES string of the molecule is CCNC(C)c1nc2cc(F)ccc2n1C1CC1. The number of aromatic nitrogens is 2. The molecule has 1 heterocycles. The number of fused-ring (bicyclic) bond motifs is 1. The van der Waals surface area contributed by atoms with Crippen molar-refractivity contribution >= 4 is 11.0 Å². The van der Waals surface area contributed by atoms with Gasteiger partial charge in [-0.2, -0.15) is 0 Å². The van der Waals surface area contributed by atoms with Crippen LogP contribution in [-0.2, 0) is 0 Å². The van der Waals surface area contributed by atoms with Gasteiger partial charge in [0.25, 0.3) is 0 Å². The van der Waals surface area contributed by atoms with Gasteiger partial charge in [-0.1, -0.05) is 6.92 Å². The third kappa shape index (κ3) is 1.90. The number of nitrogens with zero attached hydrogens (tertiary/aromatic N) is 2. The summed E-state index contributed by atoms with van der Waals surface area (Å²) >= 11 is 0.